The molecule has 23 heavy (non-hydrogen) atoms. The Morgan fingerprint density at radius 3 is 2.61 bits per heavy atom. The highest BCUT2D eigenvalue weighted by atomic mass is 16.6. The molecule has 0 unspecified atom stereocenters. The molecule has 0 spiro atoms. The van der Waals surface area contributed by atoms with Crippen LogP contribution < -0.4 is 5.32 Å². The van der Waals surface area contributed by atoms with Crippen LogP contribution in [0.5, 0.6) is 0 Å². The number of hydrogen-bond donors (Lipinski definition) is 2. The summed E-state index contributed by atoms with van der Waals surface area (Å²) in [5.41, 5.74) is 1.35. The topological polar surface area (TPSA) is 102 Å². The number of carbonyl (C=O) groups excluding carboxylic acids is 1. The Labute approximate surface area is 132 Å². The third-order valence-electron chi connectivity index (χ3n) is 3.12. The van der Waals surface area contributed by atoms with E-state index in [4.69, 9.17) is 9.84 Å². The molecule has 0 aliphatic carbocycles. The first-order chi connectivity index (χ1) is 11.1. The molecule has 0 aliphatic rings. The van der Waals surface area contributed by atoms with E-state index in [1.54, 1.807) is 0 Å². The lowest BCUT2D eigenvalue weighted by atomic mass is 10.1. The molecular weight excluding hydrogens is 300 g/mol. The minimum atomic E-state index is -0.696. The van der Waals surface area contributed by atoms with Gasteiger partial charge in [0.05, 0.1) is 10.6 Å². The second-order valence-electron chi connectivity index (χ2n) is 4.76. The predicted octanol–water partition coefficient (Wildman–Crippen LogP) is 2.88. The highest BCUT2D eigenvalue weighted by Gasteiger charge is 2.15. The SMILES string of the molecule is O=C(Nc1ccc(CCO)c([N+](=O)[O-])c1)OCc1ccccc1. The summed E-state index contributed by atoms with van der Waals surface area (Å²) in [4.78, 5) is 22.2. The van der Waals surface area contributed by atoms with Crippen molar-refractivity contribution in [3.05, 3.63) is 69.8 Å². The summed E-state index contributed by atoms with van der Waals surface area (Å²) in [7, 11) is 0. The Morgan fingerprint density at radius 1 is 1.22 bits per heavy atom. The monoisotopic (exact) mass is 316 g/mol. The van der Waals surface area contributed by atoms with E-state index in [-0.39, 0.29) is 31.0 Å². The molecule has 2 rings (SSSR count). The van der Waals surface area contributed by atoms with E-state index in [0.29, 0.717) is 5.56 Å². The van der Waals surface area contributed by atoms with Crippen LogP contribution in [0.1, 0.15) is 11.1 Å². The molecule has 0 atom stereocenters. The molecule has 2 aromatic carbocycles. The van der Waals surface area contributed by atoms with Crippen molar-refractivity contribution in [3.63, 3.8) is 0 Å². The average molecular weight is 316 g/mol. The Balaban J connectivity index is 2.00. The molecule has 120 valence electrons. The van der Waals surface area contributed by atoms with E-state index in [9.17, 15) is 14.9 Å². The van der Waals surface area contributed by atoms with Crippen LogP contribution in [0.2, 0.25) is 0 Å². The number of nitrogens with one attached hydrogen (secondary N) is 1. The number of carbonyl (C=O) groups is 1. The largest absolute Gasteiger partial charge is 0.444 e. The molecular formula is C16H16N2O5. The standard InChI is InChI=1S/C16H16N2O5/c19-9-8-13-6-7-14(10-15(13)18(21)22)17-16(20)23-11-12-4-2-1-3-5-12/h1-7,10,19H,8-9,11H2,(H,17,20). The summed E-state index contributed by atoms with van der Waals surface area (Å²) in [6.07, 6.45) is -0.521. The number of rotatable bonds is 6. The summed E-state index contributed by atoms with van der Waals surface area (Å²) in [6.45, 7) is -0.0793. The molecule has 0 aromatic heterocycles. The van der Waals surface area contributed by atoms with Crippen LogP contribution in [-0.4, -0.2) is 22.7 Å². The molecule has 0 fully saturated rings. The Morgan fingerprint density at radius 2 is 1.96 bits per heavy atom. The summed E-state index contributed by atoms with van der Waals surface area (Å²) in [5, 5.41) is 22.4. The number of nitrogens with zero attached hydrogens (tertiary/aromatic N) is 1. The number of aliphatic hydroxyl groups excluding tert-OH is 1. The van der Waals surface area contributed by atoms with Crippen LogP contribution in [0, 0.1) is 10.1 Å². The van der Waals surface area contributed by atoms with E-state index < -0.39 is 11.0 Å². The van der Waals surface area contributed by atoms with Gasteiger partial charge in [-0.25, -0.2) is 4.79 Å². The lowest BCUT2D eigenvalue weighted by Gasteiger charge is -2.08. The van der Waals surface area contributed by atoms with Crippen molar-refractivity contribution in [2.45, 2.75) is 13.0 Å². The van der Waals surface area contributed by atoms with E-state index in [2.05, 4.69) is 5.32 Å². The van der Waals surface area contributed by atoms with Crippen LogP contribution >= 0.6 is 0 Å². The highest BCUT2D eigenvalue weighted by molar-refractivity contribution is 5.85. The number of benzene rings is 2. The molecule has 7 nitrogen and oxygen atoms in total. The Bertz CT molecular complexity index is 688. The van der Waals surface area contributed by atoms with Crippen LogP contribution in [-0.2, 0) is 17.8 Å². The van der Waals surface area contributed by atoms with Crippen LogP contribution in [0.3, 0.4) is 0 Å². The van der Waals surface area contributed by atoms with Crippen molar-refractivity contribution >= 4 is 17.5 Å². The second kappa shape index (κ2) is 7.90. The maximum atomic E-state index is 11.7. The van der Waals surface area contributed by atoms with Crippen molar-refractivity contribution in [2.75, 3.05) is 11.9 Å². The third kappa shape index (κ3) is 4.79. The summed E-state index contributed by atoms with van der Waals surface area (Å²) >= 11 is 0. The zero-order valence-electron chi connectivity index (χ0n) is 12.3. The molecule has 0 saturated carbocycles. The minimum Gasteiger partial charge on any atom is -0.444 e. The van der Waals surface area contributed by atoms with Gasteiger partial charge in [0.25, 0.3) is 5.69 Å². The number of anilines is 1. The number of ether oxygens (including phenoxy) is 1. The van der Waals surface area contributed by atoms with Crippen LogP contribution in [0.15, 0.2) is 48.5 Å². The molecule has 0 aliphatic heterocycles. The van der Waals surface area contributed by atoms with Gasteiger partial charge in [-0.3, -0.25) is 15.4 Å². The zero-order chi connectivity index (χ0) is 16.7. The fourth-order valence-corrected chi connectivity index (χ4v) is 2.02. The van der Waals surface area contributed by atoms with Gasteiger partial charge in [-0.1, -0.05) is 36.4 Å². The molecule has 0 radical (unpaired) electrons. The first kappa shape index (κ1) is 16.4. The van der Waals surface area contributed by atoms with Crippen molar-refractivity contribution in [3.8, 4) is 0 Å². The maximum absolute atomic E-state index is 11.7. The Hall–Kier alpha value is -2.93. The van der Waals surface area contributed by atoms with Crippen molar-refractivity contribution in [1.82, 2.24) is 0 Å². The van der Waals surface area contributed by atoms with Gasteiger partial charge in [0, 0.05) is 24.7 Å². The number of aliphatic hydroxyl groups is 1. The van der Waals surface area contributed by atoms with E-state index in [1.807, 2.05) is 30.3 Å². The molecule has 0 saturated heterocycles. The molecule has 7 heteroatoms. The van der Waals surface area contributed by atoms with Gasteiger partial charge in [-0.2, -0.15) is 0 Å². The number of nitro groups is 1. The van der Waals surface area contributed by atoms with Crippen molar-refractivity contribution < 1.29 is 19.6 Å². The van der Waals surface area contributed by atoms with Crippen LogP contribution in [0.25, 0.3) is 0 Å². The molecule has 0 bridgehead atoms. The van der Waals surface area contributed by atoms with Gasteiger partial charge in [-0.15, -0.1) is 0 Å². The van der Waals surface area contributed by atoms with Gasteiger partial charge in [0.15, 0.2) is 0 Å². The lowest BCUT2D eigenvalue weighted by Crippen LogP contribution is -2.14. The highest BCUT2D eigenvalue weighted by Crippen LogP contribution is 2.23. The molecule has 2 aromatic rings. The van der Waals surface area contributed by atoms with Crippen molar-refractivity contribution in [2.24, 2.45) is 0 Å². The third-order valence-corrected chi connectivity index (χ3v) is 3.12. The molecule has 2 N–H and O–H groups in total. The van der Waals surface area contributed by atoms with Gasteiger partial charge in [-0.05, 0) is 11.6 Å². The first-order valence-electron chi connectivity index (χ1n) is 6.96. The summed E-state index contributed by atoms with van der Waals surface area (Å²) < 4.78 is 5.05. The van der Waals surface area contributed by atoms with Crippen LogP contribution in [0.4, 0.5) is 16.2 Å². The summed E-state index contributed by atoms with van der Waals surface area (Å²) in [6, 6.07) is 13.4. The maximum Gasteiger partial charge on any atom is 0.411 e. The van der Waals surface area contributed by atoms with Gasteiger partial charge in [0.2, 0.25) is 0 Å². The van der Waals surface area contributed by atoms with E-state index in [1.165, 1.54) is 18.2 Å². The number of nitro benzene ring substituents is 1. The second-order valence-corrected chi connectivity index (χ2v) is 4.76. The zero-order valence-corrected chi connectivity index (χ0v) is 12.3. The van der Waals surface area contributed by atoms with Gasteiger partial charge in [0.1, 0.15) is 6.61 Å². The predicted molar refractivity (Wildman–Crippen MR) is 84.1 cm³/mol. The van der Waals surface area contributed by atoms with E-state index >= 15 is 0 Å². The number of amides is 1. The smallest absolute Gasteiger partial charge is 0.411 e. The van der Waals surface area contributed by atoms with Gasteiger partial charge < -0.3 is 9.84 Å². The fraction of sp³-hybridized carbons (Fsp3) is 0.188. The quantitative estimate of drug-likeness (QED) is 0.630. The summed E-state index contributed by atoms with van der Waals surface area (Å²) in [5.74, 6) is 0. The molecule has 1 amide bonds. The van der Waals surface area contributed by atoms with Gasteiger partial charge >= 0.3 is 6.09 Å². The fourth-order valence-electron chi connectivity index (χ4n) is 2.02. The average Bonchev–Trinajstić information content (AvgIpc) is 2.55. The number of hydrogen-bond acceptors (Lipinski definition) is 5. The Kier molecular flexibility index (Phi) is 5.65. The molecule has 0 heterocycles. The van der Waals surface area contributed by atoms with Crippen molar-refractivity contribution in [1.29, 1.82) is 0 Å². The lowest BCUT2D eigenvalue weighted by molar-refractivity contribution is -0.385. The van der Waals surface area contributed by atoms with E-state index in [0.717, 1.165) is 5.56 Å². The normalized spacial score (nSPS) is 10.1. The minimum absolute atomic E-state index is 0.108. The first-order valence-corrected chi connectivity index (χ1v) is 6.96.